The molecule has 0 spiro atoms. The van der Waals surface area contributed by atoms with Crippen molar-refractivity contribution in [2.45, 2.75) is 46.3 Å². The van der Waals surface area contributed by atoms with Crippen LogP contribution in [-0.4, -0.2) is 37.1 Å². The summed E-state index contributed by atoms with van der Waals surface area (Å²) in [5, 5.41) is 0. The first-order valence-electron chi connectivity index (χ1n) is 5.46. The number of hydrogen-bond acceptors (Lipinski definition) is 5. The van der Waals surface area contributed by atoms with Gasteiger partial charge in [0.1, 0.15) is 5.60 Å². The van der Waals surface area contributed by atoms with Crippen LogP contribution in [0.15, 0.2) is 0 Å². The Hall–Kier alpha value is -0.820. The van der Waals surface area contributed by atoms with E-state index in [2.05, 4.69) is 4.18 Å². The molecule has 0 aliphatic carbocycles. The molecule has 0 N–H and O–H groups in total. The van der Waals surface area contributed by atoms with E-state index in [9.17, 15) is 13.2 Å². The quantitative estimate of drug-likeness (QED) is 0.718. The smallest absolute Gasteiger partial charge is 0.426 e. The Bertz CT molecular complexity index is 395. The zero-order chi connectivity index (χ0) is 13.4. The molecule has 0 aromatic heterocycles. The molecule has 1 aliphatic rings. The molecule has 1 fully saturated rings. The van der Waals surface area contributed by atoms with E-state index in [1.807, 2.05) is 13.8 Å². The predicted octanol–water partition coefficient (Wildman–Crippen LogP) is 1.52. The summed E-state index contributed by atoms with van der Waals surface area (Å²) in [7, 11) is -3.99. The first-order chi connectivity index (χ1) is 7.54. The molecular formula is C10H19NO5S. The zero-order valence-corrected chi connectivity index (χ0v) is 11.6. The highest BCUT2D eigenvalue weighted by molar-refractivity contribution is 7.85. The Labute approximate surface area is 102 Å². The van der Waals surface area contributed by atoms with Crippen LogP contribution in [0.2, 0.25) is 0 Å². The van der Waals surface area contributed by atoms with Crippen LogP contribution in [0.3, 0.4) is 0 Å². The lowest BCUT2D eigenvalue weighted by Gasteiger charge is -2.27. The van der Waals surface area contributed by atoms with Gasteiger partial charge in [-0.25, -0.2) is 4.79 Å². The fraction of sp³-hybridized carbons (Fsp3) is 0.900. The molecule has 1 saturated heterocycles. The van der Waals surface area contributed by atoms with Crippen molar-refractivity contribution in [3.8, 4) is 0 Å². The second-order valence-corrected chi connectivity index (χ2v) is 6.81. The zero-order valence-electron chi connectivity index (χ0n) is 10.8. The Kier molecular flexibility index (Phi) is 3.73. The van der Waals surface area contributed by atoms with Gasteiger partial charge in [-0.2, -0.15) is 12.7 Å². The molecular weight excluding hydrogens is 246 g/mol. The van der Waals surface area contributed by atoms with Crippen LogP contribution in [-0.2, 0) is 19.2 Å². The van der Waals surface area contributed by atoms with Crippen LogP contribution in [0.25, 0.3) is 0 Å². The number of carbonyl (C=O) groups is 1. The highest BCUT2D eigenvalue weighted by atomic mass is 32.2. The summed E-state index contributed by atoms with van der Waals surface area (Å²) in [5.74, 6) is -0.0280. The van der Waals surface area contributed by atoms with Gasteiger partial charge in [0, 0.05) is 0 Å². The van der Waals surface area contributed by atoms with E-state index >= 15 is 0 Å². The van der Waals surface area contributed by atoms with Crippen molar-refractivity contribution in [2.24, 2.45) is 5.92 Å². The lowest BCUT2D eigenvalue weighted by Crippen LogP contribution is -2.44. The van der Waals surface area contributed by atoms with Gasteiger partial charge in [0.05, 0.1) is 12.6 Å². The molecule has 1 amide bonds. The number of hydrogen-bond donors (Lipinski definition) is 0. The van der Waals surface area contributed by atoms with Gasteiger partial charge in [-0.15, -0.1) is 0 Å². The summed E-state index contributed by atoms with van der Waals surface area (Å²) in [6, 6.07) is -0.505. The summed E-state index contributed by atoms with van der Waals surface area (Å²) >= 11 is 0. The summed E-state index contributed by atoms with van der Waals surface area (Å²) in [6.07, 6.45) is -0.881. The van der Waals surface area contributed by atoms with E-state index in [1.54, 1.807) is 20.8 Å². The largest absolute Gasteiger partial charge is 0.443 e. The fourth-order valence-corrected chi connectivity index (χ4v) is 2.72. The third-order valence-corrected chi connectivity index (χ3v) is 3.61. The Morgan fingerprint density at radius 1 is 1.41 bits per heavy atom. The molecule has 100 valence electrons. The number of ether oxygens (including phenoxy) is 1. The molecule has 0 saturated carbocycles. The molecule has 0 bridgehead atoms. The molecule has 1 aliphatic heterocycles. The molecule has 1 atom stereocenters. The van der Waals surface area contributed by atoms with E-state index in [1.165, 1.54) is 0 Å². The van der Waals surface area contributed by atoms with E-state index in [4.69, 9.17) is 4.74 Å². The SMILES string of the molecule is CC(C)C1COS(=O)(=O)N1C(=O)OC(C)(C)C. The number of rotatable bonds is 1. The van der Waals surface area contributed by atoms with Crippen molar-refractivity contribution in [3.63, 3.8) is 0 Å². The minimum absolute atomic E-state index is 0.0146. The molecule has 7 heteroatoms. The topological polar surface area (TPSA) is 72.9 Å². The van der Waals surface area contributed by atoms with Crippen LogP contribution >= 0.6 is 0 Å². The average molecular weight is 265 g/mol. The van der Waals surface area contributed by atoms with Crippen LogP contribution in [0, 0.1) is 5.92 Å². The maximum absolute atomic E-state index is 11.8. The minimum atomic E-state index is -3.99. The number of nitrogens with zero attached hydrogens (tertiary/aromatic N) is 1. The van der Waals surface area contributed by atoms with Crippen molar-refractivity contribution < 1.29 is 22.1 Å². The van der Waals surface area contributed by atoms with Crippen molar-refractivity contribution in [1.29, 1.82) is 0 Å². The standard InChI is InChI=1S/C10H19NO5S/c1-7(2)8-6-15-17(13,14)11(8)9(12)16-10(3,4)5/h7-8H,6H2,1-5H3. The second kappa shape index (κ2) is 4.45. The third kappa shape index (κ3) is 3.32. The van der Waals surface area contributed by atoms with Gasteiger partial charge in [0.25, 0.3) is 0 Å². The van der Waals surface area contributed by atoms with Crippen LogP contribution in [0.1, 0.15) is 34.6 Å². The second-order valence-electron chi connectivity index (χ2n) is 5.33. The Balaban J connectivity index is 2.95. The molecule has 1 unspecified atom stereocenters. The van der Waals surface area contributed by atoms with Gasteiger partial charge in [-0.3, -0.25) is 4.18 Å². The maximum atomic E-state index is 11.8. The average Bonchev–Trinajstić information content (AvgIpc) is 2.37. The van der Waals surface area contributed by atoms with E-state index in [0.29, 0.717) is 4.31 Å². The van der Waals surface area contributed by atoms with Crippen molar-refractivity contribution >= 4 is 16.4 Å². The molecule has 6 nitrogen and oxygen atoms in total. The summed E-state index contributed by atoms with van der Waals surface area (Å²) in [5.41, 5.74) is -0.739. The lowest BCUT2D eigenvalue weighted by atomic mass is 10.1. The number of carbonyl (C=O) groups excluding carboxylic acids is 1. The van der Waals surface area contributed by atoms with Gasteiger partial charge in [0.2, 0.25) is 0 Å². The molecule has 1 rings (SSSR count). The van der Waals surface area contributed by atoms with Gasteiger partial charge in [0.15, 0.2) is 0 Å². The molecule has 1 heterocycles. The van der Waals surface area contributed by atoms with Gasteiger partial charge in [-0.1, -0.05) is 13.8 Å². The van der Waals surface area contributed by atoms with Crippen molar-refractivity contribution in [2.75, 3.05) is 6.61 Å². The van der Waals surface area contributed by atoms with E-state index < -0.39 is 28.0 Å². The molecule has 0 aromatic carbocycles. The summed E-state index contributed by atoms with van der Waals surface area (Å²) in [4.78, 5) is 11.8. The van der Waals surface area contributed by atoms with Crippen LogP contribution in [0.5, 0.6) is 0 Å². The van der Waals surface area contributed by atoms with E-state index in [-0.39, 0.29) is 12.5 Å². The van der Waals surface area contributed by atoms with Gasteiger partial charge >= 0.3 is 16.4 Å². The summed E-state index contributed by atoms with van der Waals surface area (Å²) in [6.45, 7) is 8.67. The highest BCUT2D eigenvalue weighted by Crippen LogP contribution is 2.26. The maximum Gasteiger partial charge on any atom is 0.426 e. The molecule has 0 aromatic rings. The van der Waals surface area contributed by atoms with Gasteiger partial charge < -0.3 is 4.74 Å². The molecule has 0 radical (unpaired) electrons. The van der Waals surface area contributed by atoms with E-state index in [0.717, 1.165) is 0 Å². The van der Waals surface area contributed by atoms with Crippen LogP contribution in [0.4, 0.5) is 4.79 Å². The third-order valence-electron chi connectivity index (χ3n) is 2.27. The first kappa shape index (κ1) is 14.2. The fourth-order valence-electron chi connectivity index (χ4n) is 1.44. The predicted molar refractivity (Wildman–Crippen MR) is 61.6 cm³/mol. The van der Waals surface area contributed by atoms with Crippen molar-refractivity contribution in [1.82, 2.24) is 4.31 Å². The van der Waals surface area contributed by atoms with Crippen LogP contribution < -0.4 is 0 Å². The normalized spacial score (nSPS) is 24.1. The van der Waals surface area contributed by atoms with Crippen molar-refractivity contribution in [3.05, 3.63) is 0 Å². The minimum Gasteiger partial charge on any atom is -0.443 e. The van der Waals surface area contributed by atoms with Gasteiger partial charge in [-0.05, 0) is 26.7 Å². The first-order valence-corrected chi connectivity index (χ1v) is 6.83. The molecule has 17 heavy (non-hydrogen) atoms. The monoisotopic (exact) mass is 265 g/mol. The Morgan fingerprint density at radius 3 is 2.35 bits per heavy atom. The summed E-state index contributed by atoms with van der Waals surface area (Å²) < 4.78 is 33.6. The number of amides is 1. The highest BCUT2D eigenvalue weighted by Gasteiger charge is 2.45. The Morgan fingerprint density at radius 2 is 1.94 bits per heavy atom. The lowest BCUT2D eigenvalue weighted by molar-refractivity contribution is 0.0331.